The Morgan fingerprint density at radius 1 is 1.29 bits per heavy atom. The molecule has 17 heavy (non-hydrogen) atoms. The van der Waals surface area contributed by atoms with E-state index in [1.165, 1.54) is 0 Å². The van der Waals surface area contributed by atoms with Gasteiger partial charge in [0.05, 0.1) is 18.3 Å². The minimum Gasteiger partial charge on any atom is -0.710 e. The Morgan fingerprint density at radius 3 is 2.71 bits per heavy atom. The van der Waals surface area contributed by atoms with Crippen molar-refractivity contribution < 1.29 is 9.47 Å². The van der Waals surface area contributed by atoms with E-state index in [1.54, 1.807) is 6.92 Å². The lowest BCUT2D eigenvalue weighted by Gasteiger charge is -2.26. The predicted molar refractivity (Wildman–Crippen MR) is 61.4 cm³/mol. The van der Waals surface area contributed by atoms with Crippen LogP contribution in [0.5, 0.6) is 0 Å². The van der Waals surface area contributed by atoms with E-state index in [0.29, 0.717) is 12.2 Å². The van der Waals surface area contributed by atoms with Gasteiger partial charge in [-0.15, -0.1) is 0 Å². The smallest absolute Gasteiger partial charge is 0.326 e. The minimum atomic E-state index is 0.410. The van der Waals surface area contributed by atoms with Gasteiger partial charge in [-0.3, -0.25) is 4.90 Å². The third kappa shape index (κ3) is 2.89. The average Bonchev–Trinajstić information content (AvgIpc) is 2.35. The Balaban J connectivity index is 2.00. The molecule has 6 nitrogen and oxygen atoms in total. The van der Waals surface area contributed by atoms with Crippen LogP contribution in [0.3, 0.4) is 0 Å². The molecule has 0 amide bonds. The quantitative estimate of drug-likeness (QED) is 0.529. The average molecular weight is 238 g/mol. The molecule has 0 spiro atoms. The number of hydrogen-bond acceptors (Lipinski definition) is 5. The highest BCUT2D eigenvalue weighted by molar-refractivity contribution is 5.02. The highest BCUT2D eigenvalue weighted by atomic mass is 16.5. The summed E-state index contributed by atoms with van der Waals surface area (Å²) in [6, 6.07) is 0. The second-order valence-corrected chi connectivity index (χ2v) is 4.28. The number of hydrogen-bond donors (Lipinski definition) is 0. The van der Waals surface area contributed by atoms with Gasteiger partial charge in [0.2, 0.25) is 0 Å². The summed E-state index contributed by atoms with van der Waals surface area (Å²) in [5.74, 6) is 0.410. The topological polar surface area (TPSA) is 65.2 Å². The lowest BCUT2D eigenvalue weighted by molar-refractivity contribution is -0.625. The first-order chi connectivity index (χ1) is 8.18. The molecule has 0 aliphatic carbocycles. The fraction of sp³-hybridized carbons (Fsp3) is 0.727. The van der Waals surface area contributed by atoms with E-state index in [4.69, 9.17) is 4.74 Å². The third-order valence-corrected chi connectivity index (χ3v) is 3.07. The molecule has 0 bridgehead atoms. The summed E-state index contributed by atoms with van der Waals surface area (Å²) in [6.07, 6.45) is 0.714. The highest BCUT2D eigenvalue weighted by Crippen LogP contribution is 2.03. The second-order valence-electron chi connectivity index (χ2n) is 4.28. The van der Waals surface area contributed by atoms with E-state index < -0.39 is 0 Å². The van der Waals surface area contributed by atoms with E-state index in [-0.39, 0.29) is 0 Å². The van der Waals surface area contributed by atoms with Crippen molar-refractivity contribution in [3.63, 3.8) is 0 Å². The Morgan fingerprint density at radius 2 is 2.00 bits per heavy atom. The molecule has 1 aliphatic heterocycles. The Bertz CT molecular complexity index is 391. The van der Waals surface area contributed by atoms with Crippen molar-refractivity contribution in [1.82, 2.24) is 15.1 Å². The lowest BCUT2D eigenvalue weighted by atomic mass is 10.2. The van der Waals surface area contributed by atoms with Crippen LogP contribution in [-0.2, 0) is 11.2 Å². The summed E-state index contributed by atoms with van der Waals surface area (Å²) in [4.78, 5) is 2.30. The molecule has 0 saturated carbocycles. The normalized spacial score (nSPS) is 17.3. The minimum absolute atomic E-state index is 0.410. The van der Waals surface area contributed by atoms with Crippen LogP contribution in [0.1, 0.15) is 17.2 Å². The molecular formula is C11H18N4O2. The highest BCUT2D eigenvalue weighted by Gasteiger charge is 2.16. The van der Waals surface area contributed by atoms with E-state index in [2.05, 4.69) is 15.1 Å². The van der Waals surface area contributed by atoms with Gasteiger partial charge in [0, 0.05) is 33.0 Å². The summed E-state index contributed by atoms with van der Waals surface area (Å²) < 4.78 is 6.18. The van der Waals surface area contributed by atoms with Crippen LogP contribution >= 0.6 is 0 Å². The van der Waals surface area contributed by atoms with Gasteiger partial charge in [0.1, 0.15) is 11.4 Å². The van der Waals surface area contributed by atoms with Crippen molar-refractivity contribution in [2.75, 3.05) is 32.8 Å². The van der Waals surface area contributed by atoms with Crippen LogP contribution in [0, 0.1) is 19.1 Å². The van der Waals surface area contributed by atoms with Crippen LogP contribution in [-0.4, -0.2) is 47.9 Å². The summed E-state index contributed by atoms with van der Waals surface area (Å²) in [6.45, 7) is 7.82. The van der Waals surface area contributed by atoms with Crippen LogP contribution in [0.25, 0.3) is 0 Å². The van der Waals surface area contributed by atoms with E-state index in [1.807, 2.05) is 6.92 Å². The Hall–Kier alpha value is -1.27. The molecule has 1 fully saturated rings. The summed E-state index contributed by atoms with van der Waals surface area (Å²) in [5.41, 5.74) is 1.45. The summed E-state index contributed by atoms with van der Waals surface area (Å²) in [5, 5.41) is 19.6. The van der Waals surface area contributed by atoms with Gasteiger partial charge in [-0.1, -0.05) is 0 Å². The van der Waals surface area contributed by atoms with E-state index in [9.17, 15) is 5.21 Å². The maximum atomic E-state index is 11.8. The number of aryl methyl sites for hydroxylation is 2. The Kier molecular flexibility index (Phi) is 3.86. The Labute approximate surface area is 101 Å². The van der Waals surface area contributed by atoms with Gasteiger partial charge in [-0.2, -0.15) is 0 Å². The molecule has 0 atom stereocenters. The van der Waals surface area contributed by atoms with Gasteiger partial charge >= 0.3 is 5.82 Å². The van der Waals surface area contributed by atoms with Crippen LogP contribution < -0.4 is 4.73 Å². The molecule has 0 unspecified atom stereocenters. The molecule has 1 aromatic rings. The molecule has 2 heterocycles. The van der Waals surface area contributed by atoms with Crippen LogP contribution in [0.2, 0.25) is 0 Å². The lowest BCUT2D eigenvalue weighted by Crippen LogP contribution is -2.42. The first-order valence-corrected chi connectivity index (χ1v) is 5.91. The summed E-state index contributed by atoms with van der Waals surface area (Å²) >= 11 is 0. The van der Waals surface area contributed by atoms with E-state index >= 15 is 0 Å². The van der Waals surface area contributed by atoms with Crippen molar-refractivity contribution in [1.29, 1.82) is 0 Å². The monoisotopic (exact) mass is 238 g/mol. The molecule has 0 N–H and O–H groups in total. The molecule has 0 aromatic carbocycles. The largest absolute Gasteiger partial charge is 0.710 e. The van der Waals surface area contributed by atoms with Crippen molar-refractivity contribution in [3.8, 4) is 0 Å². The van der Waals surface area contributed by atoms with Gasteiger partial charge in [-0.05, 0) is 12.0 Å². The standard InChI is InChI=1S/C11H18N4O2/c1-9-11(15(16)10(2)13-12-9)3-4-14-5-7-17-8-6-14/h3-8H2,1-2H3. The number of morpholine rings is 1. The molecule has 94 valence electrons. The molecule has 0 radical (unpaired) electrons. The van der Waals surface area contributed by atoms with Gasteiger partial charge in [0.15, 0.2) is 0 Å². The second kappa shape index (κ2) is 5.37. The van der Waals surface area contributed by atoms with Crippen molar-refractivity contribution >= 4 is 0 Å². The van der Waals surface area contributed by atoms with Crippen molar-refractivity contribution in [3.05, 3.63) is 22.4 Å². The number of aromatic nitrogens is 3. The van der Waals surface area contributed by atoms with Gasteiger partial charge in [0.25, 0.3) is 0 Å². The fourth-order valence-electron chi connectivity index (χ4n) is 1.96. The fourth-order valence-corrected chi connectivity index (χ4v) is 1.96. The molecule has 2 rings (SSSR count). The van der Waals surface area contributed by atoms with Crippen molar-refractivity contribution in [2.45, 2.75) is 20.3 Å². The number of nitrogens with zero attached hydrogens (tertiary/aromatic N) is 4. The van der Waals surface area contributed by atoms with Crippen LogP contribution in [0.4, 0.5) is 0 Å². The summed E-state index contributed by atoms with van der Waals surface area (Å²) in [7, 11) is 0. The first kappa shape index (κ1) is 12.2. The van der Waals surface area contributed by atoms with Gasteiger partial charge in [-0.25, -0.2) is 4.73 Å². The zero-order valence-corrected chi connectivity index (χ0v) is 10.3. The first-order valence-electron chi connectivity index (χ1n) is 5.91. The van der Waals surface area contributed by atoms with Gasteiger partial charge < -0.3 is 9.94 Å². The zero-order chi connectivity index (χ0) is 12.3. The molecule has 1 aliphatic rings. The SMILES string of the molecule is Cc1nnc(C)[n+]([O-])c1CCN1CCOCC1. The van der Waals surface area contributed by atoms with E-state index in [0.717, 1.165) is 49.0 Å². The third-order valence-electron chi connectivity index (χ3n) is 3.07. The molecule has 1 saturated heterocycles. The molecular weight excluding hydrogens is 220 g/mol. The van der Waals surface area contributed by atoms with Crippen molar-refractivity contribution in [2.24, 2.45) is 0 Å². The number of rotatable bonds is 3. The zero-order valence-electron chi connectivity index (χ0n) is 10.3. The molecule has 6 heteroatoms. The maximum Gasteiger partial charge on any atom is 0.326 e. The molecule has 1 aromatic heterocycles. The predicted octanol–water partition coefficient (Wildman–Crippen LogP) is -0.398. The maximum absolute atomic E-state index is 11.8. The number of ether oxygens (including phenoxy) is 1. The van der Waals surface area contributed by atoms with Crippen LogP contribution in [0.15, 0.2) is 0 Å².